The molecule has 0 amide bonds. The number of ketones is 1. The molecular formula is C25H18O5. The van der Waals surface area contributed by atoms with Crippen LogP contribution >= 0.6 is 0 Å². The highest BCUT2D eigenvalue weighted by Gasteiger charge is 2.12. The summed E-state index contributed by atoms with van der Waals surface area (Å²) in [5, 5.41) is 0. The van der Waals surface area contributed by atoms with Gasteiger partial charge in [0.05, 0.1) is 0 Å². The van der Waals surface area contributed by atoms with E-state index in [2.05, 4.69) is 0 Å². The number of rotatable bonds is 6. The first-order valence-corrected chi connectivity index (χ1v) is 9.34. The lowest BCUT2D eigenvalue weighted by atomic mass is 10.1. The van der Waals surface area contributed by atoms with Crippen molar-refractivity contribution >= 4 is 23.9 Å². The molecule has 0 fully saturated rings. The van der Waals surface area contributed by atoms with Crippen molar-refractivity contribution in [1.82, 2.24) is 0 Å². The summed E-state index contributed by atoms with van der Waals surface area (Å²) in [6.07, 6.45) is 6.25. The molecule has 0 spiro atoms. The summed E-state index contributed by atoms with van der Waals surface area (Å²) in [5.74, 6) is 1.09. The highest BCUT2D eigenvalue weighted by Crippen LogP contribution is 2.32. The van der Waals surface area contributed by atoms with Crippen LogP contribution in [0.25, 0.3) is 12.2 Å². The third-order valence-electron chi connectivity index (χ3n) is 4.39. The van der Waals surface area contributed by atoms with Crippen molar-refractivity contribution in [1.29, 1.82) is 0 Å². The topological polar surface area (TPSA) is 61.8 Å². The number of hydrogen-bond acceptors (Lipinski definition) is 5. The van der Waals surface area contributed by atoms with Gasteiger partial charge in [-0.25, -0.2) is 4.79 Å². The molecule has 30 heavy (non-hydrogen) atoms. The summed E-state index contributed by atoms with van der Waals surface area (Å²) in [7, 11) is 0. The summed E-state index contributed by atoms with van der Waals surface area (Å²) in [5.41, 5.74) is 2.24. The van der Waals surface area contributed by atoms with Crippen molar-refractivity contribution < 1.29 is 23.8 Å². The van der Waals surface area contributed by atoms with Gasteiger partial charge in [-0.15, -0.1) is 0 Å². The van der Waals surface area contributed by atoms with Gasteiger partial charge in [0.25, 0.3) is 0 Å². The smallest absolute Gasteiger partial charge is 0.336 e. The zero-order valence-corrected chi connectivity index (χ0v) is 16.0. The highest BCUT2D eigenvalue weighted by molar-refractivity contribution is 6.06. The van der Waals surface area contributed by atoms with E-state index in [0.717, 1.165) is 11.1 Å². The Hall–Kier alpha value is -4.12. The Labute approximate surface area is 173 Å². The molecule has 0 saturated carbocycles. The van der Waals surface area contributed by atoms with Gasteiger partial charge in [-0.05, 0) is 59.7 Å². The van der Waals surface area contributed by atoms with Gasteiger partial charge >= 0.3 is 5.97 Å². The number of carbonyl (C=O) groups is 2. The molecule has 0 bridgehead atoms. The maximum Gasteiger partial charge on any atom is 0.336 e. The molecule has 1 aliphatic heterocycles. The number of ether oxygens (including phenoxy) is 3. The van der Waals surface area contributed by atoms with Gasteiger partial charge in [0.1, 0.15) is 5.75 Å². The molecule has 5 nitrogen and oxygen atoms in total. The normalized spacial score (nSPS) is 12.4. The van der Waals surface area contributed by atoms with E-state index in [1.54, 1.807) is 36.4 Å². The second-order valence-corrected chi connectivity index (χ2v) is 6.50. The standard InChI is InChI=1S/C25H18O5/c26-22(13-6-19-7-14-23-24(16-19)29-17-28-23)20-9-11-21(12-10-20)30-25(27)15-8-18-4-2-1-3-5-18/h1-16H,17H2/b13-6-,15-8-. The number of allylic oxidation sites excluding steroid dienone is 1. The fraction of sp³-hybridized carbons (Fsp3) is 0.0400. The van der Waals surface area contributed by atoms with Crippen LogP contribution in [-0.2, 0) is 4.79 Å². The van der Waals surface area contributed by atoms with Crippen LogP contribution in [0.5, 0.6) is 17.2 Å². The van der Waals surface area contributed by atoms with Crippen molar-refractivity contribution in [3.63, 3.8) is 0 Å². The molecule has 0 aromatic heterocycles. The molecular weight excluding hydrogens is 380 g/mol. The molecule has 5 heteroatoms. The number of esters is 1. The quantitative estimate of drug-likeness (QED) is 0.255. The zero-order valence-electron chi connectivity index (χ0n) is 16.0. The van der Waals surface area contributed by atoms with Gasteiger partial charge < -0.3 is 14.2 Å². The van der Waals surface area contributed by atoms with Gasteiger partial charge in [0, 0.05) is 11.6 Å². The lowest BCUT2D eigenvalue weighted by Crippen LogP contribution is -2.04. The maximum absolute atomic E-state index is 12.4. The Morgan fingerprint density at radius 3 is 2.30 bits per heavy atom. The molecule has 3 aromatic carbocycles. The molecule has 1 heterocycles. The second-order valence-electron chi connectivity index (χ2n) is 6.50. The third kappa shape index (κ3) is 4.83. The lowest BCUT2D eigenvalue weighted by molar-refractivity contribution is -0.128. The summed E-state index contributed by atoms with van der Waals surface area (Å²) in [6.45, 7) is 0.209. The Morgan fingerprint density at radius 1 is 0.767 bits per heavy atom. The van der Waals surface area contributed by atoms with E-state index in [1.165, 1.54) is 12.2 Å². The lowest BCUT2D eigenvalue weighted by Gasteiger charge is -2.02. The van der Waals surface area contributed by atoms with E-state index in [-0.39, 0.29) is 12.6 Å². The van der Waals surface area contributed by atoms with Crippen LogP contribution in [0.3, 0.4) is 0 Å². The molecule has 148 valence electrons. The molecule has 0 saturated heterocycles. The van der Waals surface area contributed by atoms with E-state index >= 15 is 0 Å². The van der Waals surface area contributed by atoms with Crippen molar-refractivity contribution in [2.75, 3.05) is 6.79 Å². The SMILES string of the molecule is O=C(/C=C\c1ccccc1)Oc1ccc(C(=O)/C=C\c2ccc3c(c2)OCO3)cc1. The van der Waals surface area contributed by atoms with Crippen LogP contribution in [0.4, 0.5) is 0 Å². The predicted octanol–water partition coefficient (Wildman–Crippen LogP) is 4.93. The van der Waals surface area contributed by atoms with Crippen molar-refractivity contribution in [3.05, 3.63) is 102 Å². The van der Waals surface area contributed by atoms with Crippen molar-refractivity contribution in [2.45, 2.75) is 0 Å². The monoisotopic (exact) mass is 398 g/mol. The van der Waals surface area contributed by atoms with E-state index in [0.29, 0.717) is 22.8 Å². The van der Waals surface area contributed by atoms with Crippen molar-refractivity contribution in [2.24, 2.45) is 0 Å². The van der Waals surface area contributed by atoms with Crippen LogP contribution < -0.4 is 14.2 Å². The van der Waals surface area contributed by atoms with E-state index in [1.807, 2.05) is 48.5 Å². The minimum atomic E-state index is -0.486. The third-order valence-corrected chi connectivity index (χ3v) is 4.39. The highest BCUT2D eigenvalue weighted by atomic mass is 16.7. The average Bonchev–Trinajstić information content (AvgIpc) is 3.25. The summed E-state index contributed by atoms with van der Waals surface area (Å²) in [6, 6.07) is 21.4. The van der Waals surface area contributed by atoms with Crippen molar-refractivity contribution in [3.8, 4) is 17.2 Å². The molecule has 4 rings (SSSR count). The average molecular weight is 398 g/mol. The minimum Gasteiger partial charge on any atom is -0.454 e. The summed E-state index contributed by atoms with van der Waals surface area (Å²) in [4.78, 5) is 24.3. The molecule has 0 unspecified atom stereocenters. The molecule has 0 atom stereocenters. The largest absolute Gasteiger partial charge is 0.454 e. The van der Waals surface area contributed by atoms with Crippen LogP contribution in [0.15, 0.2) is 84.9 Å². The van der Waals surface area contributed by atoms with Gasteiger partial charge in [-0.1, -0.05) is 42.5 Å². The van der Waals surface area contributed by atoms with Gasteiger partial charge in [0.2, 0.25) is 6.79 Å². The number of benzene rings is 3. The fourth-order valence-electron chi connectivity index (χ4n) is 2.85. The summed E-state index contributed by atoms with van der Waals surface area (Å²) < 4.78 is 15.9. The number of hydrogen-bond donors (Lipinski definition) is 0. The van der Waals surface area contributed by atoms with Gasteiger partial charge in [0.15, 0.2) is 17.3 Å². The van der Waals surface area contributed by atoms with E-state index in [4.69, 9.17) is 14.2 Å². The van der Waals surface area contributed by atoms with Gasteiger partial charge in [-0.3, -0.25) is 4.79 Å². The van der Waals surface area contributed by atoms with Crippen LogP contribution in [0, 0.1) is 0 Å². The Kier molecular flexibility index (Phi) is 5.71. The molecule has 0 aliphatic carbocycles. The predicted molar refractivity (Wildman–Crippen MR) is 113 cm³/mol. The Bertz CT molecular complexity index is 1110. The van der Waals surface area contributed by atoms with Crippen LogP contribution in [0.2, 0.25) is 0 Å². The Morgan fingerprint density at radius 2 is 1.50 bits per heavy atom. The first kappa shape index (κ1) is 19.2. The minimum absolute atomic E-state index is 0.158. The Balaban J connectivity index is 1.35. The zero-order chi connectivity index (χ0) is 20.8. The number of carbonyl (C=O) groups excluding carboxylic acids is 2. The fourth-order valence-corrected chi connectivity index (χ4v) is 2.85. The number of fused-ring (bicyclic) bond motifs is 1. The maximum atomic E-state index is 12.4. The summed E-state index contributed by atoms with van der Waals surface area (Å²) >= 11 is 0. The van der Waals surface area contributed by atoms with Crippen LogP contribution in [0.1, 0.15) is 21.5 Å². The molecule has 0 radical (unpaired) electrons. The van der Waals surface area contributed by atoms with E-state index in [9.17, 15) is 9.59 Å². The van der Waals surface area contributed by atoms with Gasteiger partial charge in [-0.2, -0.15) is 0 Å². The second kappa shape index (κ2) is 8.92. The molecule has 0 N–H and O–H groups in total. The first-order valence-electron chi connectivity index (χ1n) is 9.34. The first-order chi connectivity index (χ1) is 14.7. The van der Waals surface area contributed by atoms with Crippen LogP contribution in [-0.4, -0.2) is 18.5 Å². The molecule has 3 aromatic rings. The molecule has 1 aliphatic rings. The van der Waals surface area contributed by atoms with E-state index < -0.39 is 5.97 Å².